The van der Waals surface area contributed by atoms with Gasteiger partial charge in [-0.3, -0.25) is 0 Å². The molecule has 0 aliphatic carbocycles. The Kier molecular flexibility index (Phi) is 5.80. The lowest BCUT2D eigenvalue weighted by molar-refractivity contribution is 0.279. The molecule has 0 saturated heterocycles. The van der Waals surface area contributed by atoms with Gasteiger partial charge in [-0.25, -0.2) is 0 Å². The number of rotatable bonds is 6. The molecule has 0 aliphatic heterocycles. The molecule has 0 fully saturated rings. The number of benzene rings is 1. The normalized spacial score (nSPS) is 10.8. The molecule has 0 heterocycles. The molecular formula is C12H19BrN2O. The standard InChI is InChI=1S/C12H19BrN2O/c1-15(2)6-3-7-16-12-8-11(13)5-4-10(12)9-14/h4-5,8H,3,6-7,9,14H2,1-2H3. The van der Waals surface area contributed by atoms with E-state index in [2.05, 4.69) is 34.9 Å². The Balaban J connectivity index is 2.48. The molecule has 0 atom stereocenters. The molecule has 0 spiro atoms. The highest BCUT2D eigenvalue weighted by molar-refractivity contribution is 9.10. The summed E-state index contributed by atoms with van der Waals surface area (Å²) >= 11 is 3.43. The van der Waals surface area contributed by atoms with Crippen LogP contribution in [0.4, 0.5) is 0 Å². The summed E-state index contributed by atoms with van der Waals surface area (Å²) in [6, 6.07) is 5.94. The lowest BCUT2D eigenvalue weighted by Crippen LogP contribution is -2.16. The van der Waals surface area contributed by atoms with E-state index in [9.17, 15) is 0 Å². The van der Waals surface area contributed by atoms with Crippen molar-refractivity contribution >= 4 is 15.9 Å². The van der Waals surface area contributed by atoms with Crippen molar-refractivity contribution in [3.05, 3.63) is 28.2 Å². The van der Waals surface area contributed by atoms with Gasteiger partial charge in [0.1, 0.15) is 5.75 Å². The highest BCUT2D eigenvalue weighted by Crippen LogP contribution is 2.23. The Hall–Kier alpha value is -0.580. The summed E-state index contributed by atoms with van der Waals surface area (Å²) in [5.41, 5.74) is 6.70. The third kappa shape index (κ3) is 4.51. The van der Waals surface area contributed by atoms with Crippen molar-refractivity contribution < 1.29 is 4.74 Å². The average Bonchev–Trinajstić information content (AvgIpc) is 2.24. The number of hydrogen-bond acceptors (Lipinski definition) is 3. The molecule has 1 aromatic rings. The van der Waals surface area contributed by atoms with Gasteiger partial charge in [-0.05, 0) is 32.6 Å². The maximum Gasteiger partial charge on any atom is 0.124 e. The second kappa shape index (κ2) is 6.89. The van der Waals surface area contributed by atoms with Crippen LogP contribution in [0.2, 0.25) is 0 Å². The molecule has 3 nitrogen and oxygen atoms in total. The number of nitrogens with zero attached hydrogens (tertiary/aromatic N) is 1. The van der Waals surface area contributed by atoms with Crippen LogP contribution in [0.1, 0.15) is 12.0 Å². The highest BCUT2D eigenvalue weighted by Gasteiger charge is 2.03. The number of halogens is 1. The van der Waals surface area contributed by atoms with Crippen LogP contribution in [0.5, 0.6) is 5.75 Å². The van der Waals surface area contributed by atoms with Gasteiger partial charge in [0.25, 0.3) is 0 Å². The van der Waals surface area contributed by atoms with E-state index in [1.54, 1.807) is 0 Å². The first-order chi connectivity index (χ1) is 7.63. The van der Waals surface area contributed by atoms with Crippen LogP contribution in [-0.2, 0) is 6.54 Å². The van der Waals surface area contributed by atoms with Gasteiger partial charge in [-0.1, -0.05) is 22.0 Å². The zero-order valence-corrected chi connectivity index (χ0v) is 11.5. The third-order valence-corrected chi connectivity index (χ3v) is 2.75. The molecule has 4 heteroatoms. The van der Waals surface area contributed by atoms with Crippen molar-refractivity contribution in [2.24, 2.45) is 5.73 Å². The molecule has 0 bridgehead atoms. The van der Waals surface area contributed by atoms with Gasteiger partial charge in [0.05, 0.1) is 6.61 Å². The maximum atomic E-state index is 5.72. The summed E-state index contributed by atoms with van der Waals surface area (Å²) < 4.78 is 6.74. The van der Waals surface area contributed by atoms with Gasteiger partial charge >= 0.3 is 0 Å². The van der Waals surface area contributed by atoms with Crippen LogP contribution in [0.15, 0.2) is 22.7 Å². The molecule has 0 aromatic heterocycles. The Labute approximate surface area is 106 Å². The molecule has 1 rings (SSSR count). The van der Waals surface area contributed by atoms with Gasteiger partial charge in [0.15, 0.2) is 0 Å². The number of hydrogen-bond donors (Lipinski definition) is 1. The summed E-state index contributed by atoms with van der Waals surface area (Å²) in [6.45, 7) is 2.27. The first-order valence-electron chi connectivity index (χ1n) is 5.39. The fraction of sp³-hybridized carbons (Fsp3) is 0.500. The zero-order chi connectivity index (χ0) is 12.0. The van der Waals surface area contributed by atoms with Crippen LogP contribution in [0, 0.1) is 0 Å². The second-order valence-electron chi connectivity index (χ2n) is 3.96. The van der Waals surface area contributed by atoms with Crippen LogP contribution in [0.25, 0.3) is 0 Å². The van der Waals surface area contributed by atoms with E-state index in [1.165, 1.54) is 0 Å². The molecule has 0 radical (unpaired) electrons. The summed E-state index contributed by atoms with van der Waals surface area (Å²) in [5.74, 6) is 0.885. The van der Waals surface area contributed by atoms with Crippen molar-refractivity contribution in [2.45, 2.75) is 13.0 Å². The van der Waals surface area contributed by atoms with Crippen LogP contribution >= 0.6 is 15.9 Å². The van der Waals surface area contributed by atoms with Gasteiger partial charge in [-0.15, -0.1) is 0 Å². The fourth-order valence-corrected chi connectivity index (χ4v) is 1.73. The number of ether oxygens (including phenoxy) is 1. The quantitative estimate of drug-likeness (QED) is 0.815. The smallest absolute Gasteiger partial charge is 0.124 e. The third-order valence-electron chi connectivity index (χ3n) is 2.26. The average molecular weight is 287 g/mol. The van der Waals surface area contributed by atoms with Crippen LogP contribution in [-0.4, -0.2) is 32.1 Å². The Bertz CT molecular complexity index is 329. The first-order valence-corrected chi connectivity index (χ1v) is 6.19. The van der Waals surface area contributed by atoms with E-state index in [4.69, 9.17) is 10.5 Å². The van der Waals surface area contributed by atoms with E-state index >= 15 is 0 Å². The highest BCUT2D eigenvalue weighted by atomic mass is 79.9. The molecule has 2 N–H and O–H groups in total. The van der Waals surface area contributed by atoms with Crippen molar-refractivity contribution in [2.75, 3.05) is 27.2 Å². The van der Waals surface area contributed by atoms with Crippen molar-refractivity contribution in [1.29, 1.82) is 0 Å². The van der Waals surface area contributed by atoms with E-state index in [0.29, 0.717) is 6.54 Å². The lowest BCUT2D eigenvalue weighted by Gasteiger charge is -2.12. The zero-order valence-electron chi connectivity index (χ0n) is 9.87. The molecule has 0 unspecified atom stereocenters. The van der Waals surface area contributed by atoms with E-state index < -0.39 is 0 Å². The Morgan fingerprint density at radius 3 is 2.75 bits per heavy atom. The van der Waals surface area contributed by atoms with E-state index in [0.717, 1.165) is 35.4 Å². The number of nitrogens with two attached hydrogens (primary N) is 1. The molecule has 90 valence electrons. The van der Waals surface area contributed by atoms with Crippen molar-refractivity contribution in [1.82, 2.24) is 4.90 Å². The Morgan fingerprint density at radius 1 is 1.38 bits per heavy atom. The van der Waals surface area contributed by atoms with Crippen LogP contribution in [0.3, 0.4) is 0 Å². The van der Waals surface area contributed by atoms with Gasteiger partial charge in [0.2, 0.25) is 0 Å². The molecule has 16 heavy (non-hydrogen) atoms. The topological polar surface area (TPSA) is 38.5 Å². The monoisotopic (exact) mass is 286 g/mol. The van der Waals surface area contributed by atoms with Crippen molar-refractivity contribution in [3.8, 4) is 5.75 Å². The molecule has 0 saturated carbocycles. The predicted octanol–water partition coefficient (Wildman–Crippen LogP) is 2.24. The van der Waals surface area contributed by atoms with Gasteiger partial charge in [-0.2, -0.15) is 0 Å². The largest absolute Gasteiger partial charge is 0.493 e. The summed E-state index contributed by atoms with van der Waals surface area (Å²) in [7, 11) is 4.12. The van der Waals surface area contributed by atoms with E-state index in [1.807, 2.05) is 18.2 Å². The van der Waals surface area contributed by atoms with Gasteiger partial charge < -0.3 is 15.4 Å². The van der Waals surface area contributed by atoms with Gasteiger partial charge in [0, 0.05) is 23.1 Å². The molecule has 0 amide bonds. The molecule has 0 aliphatic rings. The molecular weight excluding hydrogens is 268 g/mol. The van der Waals surface area contributed by atoms with Crippen molar-refractivity contribution in [3.63, 3.8) is 0 Å². The van der Waals surface area contributed by atoms with Crippen LogP contribution < -0.4 is 10.5 Å². The fourth-order valence-electron chi connectivity index (χ4n) is 1.39. The maximum absolute atomic E-state index is 5.72. The van der Waals surface area contributed by atoms with E-state index in [-0.39, 0.29) is 0 Å². The second-order valence-corrected chi connectivity index (χ2v) is 4.88. The summed E-state index contributed by atoms with van der Waals surface area (Å²) in [6.07, 6.45) is 1.02. The SMILES string of the molecule is CN(C)CCCOc1cc(Br)ccc1CN. The lowest BCUT2D eigenvalue weighted by atomic mass is 10.2. The molecule has 1 aromatic carbocycles. The minimum absolute atomic E-state index is 0.510. The minimum Gasteiger partial charge on any atom is -0.493 e. The Morgan fingerprint density at radius 2 is 2.12 bits per heavy atom. The predicted molar refractivity (Wildman–Crippen MR) is 70.7 cm³/mol. The summed E-state index contributed by atoms with van der Waals surface area (Å²) in [5, 5.41) is 0. The minimum atomic E-state index is 0.510. The summed E-state index contributed by atoms with van der Waals surface area (Å²) in [4.78, 5) is 2.15. The first kappa shape index (κ1) is 13.5.